The van der Waals surface area contributed by atoms with Crippen molar-refractivity contribution in [3.8, 4) is 0 Å². The highest BCUT2D eigenvalue weighted by Gasteiger charge is 2.26. The maximum Gasteiger partial charge on any atom is 0.321 e. The molecule has 7 heteroatoms. The average Bonchev–Trinajstić information content (AvgIpc) is 2.63. The number of aryl methyl sites for hydroxylation is 1. The molecule has 0 aromatic heterocycles. The maximum atomic E-state index is 13.8. The Morgan fingerprint density at radius 3 is 2.35 bits per heavy atom. The van der Waals surface area contributed by atoms with Crippen molar-refractivity contribution in [2.24, 2.45) is 0 Å². The van der Waals surface area contributed by atoms with E-state index in [4.69, 9.17) is 0 Å². The smallest absolute Gasteiger partial charge is 0.321 e. The first kappa shape index (κ1) is 17.8. The molecule has 0 bridgehead atoms. The third-order valence-electron chi connectivity index (χ3n) is 4.28. The molecule has 0 aliphatic carbocycles. The van der Waals surface area contributed by atoms with Gasteiger partial charge in [0.05, 0.1) is 5.56 Å². The standard InChI is InChI=1S/C19H19F2N3O2/c1-13-3-2-4-15(11-13)22-19(26)24-9-7-23(8-10-24)18(25)16-12-14(20)5-6-17(16)21/h2-6,11-12H,7-10H2,1H3,(H,22,26). The van der Waals surface area contributed by atoms with E-state index in [1.807, 2.05) is 25.1 Å². The van der Waals surface area contributed by atoms with E-state index in [0.717, 1.165) is 23.8 Å². The minimum absolute atomic E-state index is 0.250. The van der Waals surface area contributed by atoms with Crippen LogP contribution in [0, 0.1) is 18.6 Å². The van der Waals surface area contributed by atoms with E-state index in [1.54, 1.807) is 11.0 Å². The number of carbonyl (C=O) groups is 2. The molecule has 26 heavy (non-hydrogen) atoms. The first-order valence-electron chi connectivity index (χ1n) is 8.31. The second-order valence-corrected chi connectivity index (χ2v) is 6.20. The zero-order chi connectivity index (χ0) is 18.7. The molecule has 3 amide bonds. The molecule has 1 fully saturated rings. The highest BCUT2D eigenvalue weighted by Crippen LogP contribution is 2.15. The Bertz CT molecular complexity index is 833. The fourth-order valence-electron chi connectivity index (χ4n) is 2.87. The predicted molar refractivity (Wildman–Crippen MR) is 94.0 cm³/mol. The van der Waals surface area contributed by atoms with E-state index in [0.29, 0.717) is 18.8 Å². The normalized spacial score (nSPS) is 14.3. The lowest BCUT2D eigenvalue weighted by atomic mass is 10.1. The molecule has 0 spiro atoms. The first-order valence-corrected chi connectivity index (χ1v) is 8.31. The molecule has 2 aromatic rings. The Morgan fingerprint density at radius 1 is 0.962 bits per heavy atom. The molecule has 1 saturated heterocycles. The van der Waals surface area contributed by atoms with Crippen LogP contribution in [-0.4, -0.2) is 47.9 Å². The van der Waals surface area contributed by atoms with Crippen LogP contribution in [0.5, 0.6) is 0 Å². The first-order chi connectivity index (χ1) is 12.4. The number of nitrogens with one attached hydrogen (secondary N) is 1. The number of halogens is 2. The number of piperazine rings is 1. The Morgan fingerprint density at radius 2 is 1.65 bits per heavy atom. The molecule has 1 aliphatic heterocycles. The third-order valence-corrected chi connectivity index (χ3v) is 4.28. The van der Waals surface area contributed by atoms with Crippen molar-refractivity contribution >= 4 is 17.6 Å². The zero-order valence-electron chi connectivity index (χ0n) is 14.3. The number of hydrogen-bond donors (Lipinski definition) is 1. The lowest BCUT2D eigenvalue weighted by molar-refractivity contribution is 0.0666. The lowest BCUT2D eigenvalue weighted by Crippen LogP contribution is -2.51. The molecule has 0 saturated carbocycles. The summed E-state index contributed by atoms with van der Waals surface area (Å²) in [5.41, 5.74) is 1.45. The van der Waals surface area contributed by atoms with Gasteiger partial charge in [-0.1, -0.05) is 12.1 Å². The molecule has 1 aliphatic rings. The van der Waals surface area contributed by atoms with Gasteiger partial charge in [0.25, 0.3) is 5.91 Å². The largest absolute Gasteiger partial charge is 0.335 e. The quantitative estimate of drug-likeness (QED) is 0.895. The van der Waals surface area contributed by atoms with Crippen LogP contribution in [0.25, 0.3) is 0 Å². The summed E-state index contributed by atoms with van der Waals surface area (Å²) in [6.07, 6.45) is 0. The molecule has 0 atom stereocenters. The number of benzene rings is 2. The van der Waals surface area contributed by atoms with Crippen molar-refractivity contribution in [1.29, 1.82) is 0 Å². The summed E-state index contributed by atoms with van der Waals surface area (Å²) in [6.45, 7) is 3.10. The lowest BCUT2D eigenvalue weighted by Gasteiger charge is -2.34. The van der Waals surface area contributed by atoms with Gasteiger partial charge in [-0.3, -0.25) is 4.79 Å². The molecule has 0 unspecified atom stereocenters. The van der Waals surface area contributed by atoms with Crippen LogP contribution in [0.2, 0.25) is 0 Å². The van der Waals surface area contributed by atoms with Crippen molar-refractivity contribution in [2.45, 2.75) is 6.92 Å². The highest BCUT2D eigenvalue weighted by atomic mass is 19.1. The molecule has 1 heterocycles. The summed E-state index contributed by atoms with van der Waals surface area (Å²) in [5, 5.41) is 2.82. The number of hydrogen-bond acceptors (Lipinski definition) is 2. The van der Waals surface area contributed by atoms with Crippen LogP contribution in [0.3, 0.4) is 0 Å². The summed E-state index contributed by atoms with van der Waals surface area (Å²) in [6, 6.07) is 10.0. The topological polar surface area (TPSA) is 52.7 Å². The molecular formula is C19H19F2N3O2. The van der Waals surface area contributed by atoms with Crippen molar-refractivity contribution in [2.75, 3.05) is 31.5 Å². The van der Waals surface area contributed by atoms with Gasteiger partial charge in [-0.2, -0.15) is 0 Å². The van der Waals surface area contributed by atoms with Gasteiger partial charge < -0.3 is 15.1 Å². The molecule has 5 nitrogen and oxygen atoms in total. The molecule has 2 aromatic carbocycles. The van der Waals surface area contributed by atoms with E-state index in [2.05, 4.69) is 5.32 Å². The van der Waals surface area contributed by atoms with Gasteiger partial charge in [0.1, 0.15) is 11.6 Å². The minimum atomic E-state index is -0.754. The molecule has 3 rings (SSSR count). The zero-order valence-corrected chi connectivity index (χ0v) is 14.3. The predicted octanol–water partition coefficient (Wildman–Crippen LogP) is 3.26. The third kappa shape index (κ3) is 3.99. The Labute approximate surface area is 150 Å². The van der Waals surface area contributed by atoms with E-state index in [-0.39, 0.29) is 24.7 Å². The average molecular weight is 359 g/mol. The van der Waals surface area contributed by atoms with Crippen molar-refractivity contribution in [3.05, 3.63) is 65.2 Å². The summed E-state index contributed by atoms with van der Waals surface area (Å²) >= 11 is 0. The van der Waals surface area contributed by atoms with E-state index in [9.17, 15) is 18.4 Å². The summed E-state index contributed by atoms with van der Waals surface area (Å²) in [7, 11) is 0. The Kier molecular flexibility index (Phi) is 5.16. The number of amides is 3. The van der Waals surface area contributed by atoms with Crippen LogP contribution < -0.4 is 5.32 Å². The van der Waals surface area contributed by atoms with Gasteiger partial charge in [0.2, 0.25) is 0 Å². The molecule has 1 N–H and O–H groups in total. The Balaban J connectivity index is 1.59. The number of anilines is 1. The van der Waals surface area contributed by atoms with E-state index >= 15 is 0 Å². The van der Waals surface area contributed by atoms with E-state index < -0.39 is 17.5 Å². The number of carbonyl (C=O) groups excluding carboxylic acids is 2. The van der Waals surface area contributed by atoms with Crippen LogP contribution in [0.4, 0.5) is 19.3 Å². The van der Waals surface area contributed by atoms with Gasteiger partial charge in [-0.15, -0.1) is 0 Å². The SMILES string of the molecule is Cc1cccc(NC(=O)N2CCN(C(=O)c3cc(F)ccc3F)CC2)c1. The van der Waals surface area contributed by atoms with Crippen LogP contribution in [0.1, 0.15) is 15.9 Å². The van der Waals surface area contributed by atoms with Crippen LogP contribution in [-0.2, 0) is 0 Å². The van der Waals surface area contributed by atoms with Gasteiger partial charge in [0, 0.05) is 31.9 Å². The highest BCUT2D eigenvalue weighted by molar-refractivity contribution is 5.95. The Hall–Kier alpha value is -2.96. The van der Waals surface area contributed by atoms with E-state index in [1.165, 1.54) is 4.90 Å². The van der Waals surface area contributed by atoms with Gasteiger partial charge in [-0.25, -0.2) is 13.6 Å². The van der Waals surface area contributed by atoms with Crippen molar-refractivity contribution < 1.29 is 18.4 Å². The molecule has 136 valence electrons. The van der Waals surface area contributed by atoms with Gasteiger partial charge >= 0.3 is 6.03 Å². The summed E-state index contributed by atoms with van der Waals surface area (Å²) < 4.78 is 27.0. The fourth-order valence-corrected chi connectivity index (χ4v) is 2.87. The monoisotopic (exact) mass is 359 g/mol. The van der Waals surface area contributed by atoms with Gasteiger partial charge in [-0.05, 0) is 42.8 Å². The molecule has 0 radical (unpaired) electrons. The van der Waals surface area contributed by atoms with Crippen LogP contribution in [0.15, 0.2) is 42.5 Å². The molecular weight excluding hydrogens is 340 g/mol. The van der Waals surface area contributed by atoms with Gasteiger partial charge in [0.15, 0.2) is 0 Å². The second kappa shape index (κ2) is 7.51. The number of rotatable bonds is 2. The fraction of sp³-hybridized carbons (Fsp3) is 0.263. The number of urea groups is 1. The van der Waals surface area contributed by atoms with Crippen molar-refractivity contribution in [1.82, 2.24) is 9.80 Å². The number of nitrogens with zero attached hydrogens (tertiary/aromatic N) is 2. The second-order valence-electron chi connectivity index (χ2n) is 6.20. The summed E-state index contributed by atoms with van der Waals surface area (Å²) in [5.74, 6) is -1.98. The van der Waals surface area contributed by atoms with Crippen molar-refractivity contribution in [3.63, 3.8) is 0 Å². The summed E-state index contributed by atoms with van der Waals surface area (Å²) in [4.78, 5) is 27.7. The maximum absolute atomic E-state index is 13.8. The van der Waals surface area contributed by atoms with Crippen LogP contribution >= 0.6 is 0 Å². The minimum Gasteiger partial charge on any atom is -0.335 e.